The van der Waals surface area contributed by atoms with E-state index in [9.17, 15) is 13.2 Å². The highest BCUT2D eigenvalue weighted by Crippen LogP contribution is 2.22. The van der Waals surface area contributed by atoms with E-state index >= 15 is 0 Å². The summed E-state index contributed by atoms with van der Waals surface area (Å²) in [5.74, 6) is 0. The molecular weight excluding hydrogens is 229 g/mol. The quantitative estimate of drug-likeness (QED) is 0.588. The third-order valence-electron chi connectivity index (χ3n) is 1.68. The van der Waals surface area contributed by atoms with Crippen LogP contribution in [0, 0.1) is 0 Å². The van der Waals surface area contributed by atoms with E-state index in [0.29, 0.717) is 0 Å². The average Bonchev–Trinajstić information content (AvgIpc) is 2.19. The summed E-state index contributed by atoms with van der Waals surface area (Å²) in [4.78, 5) is 0. The minimum atomic E-state index is -4.24. The van der Waals surface area contributed by atoms with Crippen LogP contribution in [0.25, 0.3) is 0 Å². The van der Waals surface area contributed by atoms with Crippen molar-refractivity contribution in [3.05, 3.63) is 0 Å². The zero-order valence-electron chi connectivity index (χ0n) is 8.87. The number of hydrogen-bond acceptors (Lipinski definition) is 4. The van der Waals surface area contributed by atoms with Crippen LogP contribution < -0.4 is 0 Å². The van der Waals surface area contributed by atoms with Crippen LogP contribution in [0.15, 0.2) is 0 Å². The molecule has 0 aromatic rings. The predicted molar refractivity (Wildman–Crippen MR) is 50.0 cm³/mol. The van der Waals surface area contributed by atoms with Crippen LogP contribution >= 0.6 is 0 Å². The Morgan fingerprint density at radius 2 is 1.69 bits per heavy atom. The zero-order chi connectivity index (χ0) is 12.4. The molecule has 98 valence electrons. The Morgan fingerprint density at radius 1 is 1.06 bits per heavy atom. The molecule has 0 spiro atoms. The van der Waals surface area contributed by atoms with Crippen LogP contribution in [0.5, 0.6) is 0 Å². The summed E-state index contributed by atoms with van der Waals surface area (Å²) in [5.41, 5.74) is 0. The van der Waals surface area contributed by atoms with Crippen molar-refractivity contribution < 1.29 is 32.9 Å². The maximum absolute atomic E-state index is 11.7. The second-order valence-corrected chi connectivity index (χ2v) is 3.22. The van der Waals surface area contributed by atoms with Crippen LogP contribution in [0.2, 0.25) is 0 Å². The molecule has 0 heterocycles. The molecule has 0 amide bonds. The molecular formula is C9H17F3O4. The van der Waals surface area contributed by atoms with Crippen molar-refractivity contribution in [3.8, 4) is 0 Å². The van der Waals surface area contributed by atoms with E-state index in [1.807, 2.05) is 0 Å². The van der Waals surface area contributed by atoms with E-state index < -0.39 is 18.7 Å². The molecule has 0 aromatic heterocycles. The van der Waals surface area contributed by atoms with Crippen molar-refractivity contribution in [2.75, 3.05) is 33.0 Å². The molecule has 0 aliphatic carbocycles. The third-order valence-corrected chi connectivity index (χ3v) is 1.68. The standard InChI is InChI=1S/C9H17F3O4/c10-9(11,12)2-1-8(14)7-16-6-5-15-4-3-13/h8,13-14H,1-7H2. The molecule has 0 saturated heterocycles. The van der Waals surface area contributed by atoms with Gasteiger partial charge < -0.3 is 19.7 Å². The average molecular weight is 246 g/mol. The van der Waals surface area contributed by atoms with Gasteiger partial charge in [0, 0.05) is 6.42 Å². The first-order valence-corrected chi connectivity index (χ1v) is 4.97. The smallest absolute Gasteiger partial charge is 0.389 e. The van der Waals surface area contributed by atoms with Crippen molar-refractivity contribution in [1.29, 1.82) is 0 Å². The molecule has 1 atom stereocenters. The first-order valence-electron chi connectivity index (χ1n) is 4.97. The molecule has 0 aliphatic heterocycles. The van der Waals surface area contributed by atoms with E-state index in [0.717, 1.165) is 0 Å². The van der Waals surface area contributed by atoms with Gasteiger partial charge in [0.25, 0.3) is 0 Å². The van der Waals surface area contributed by atoms with Gasteiger partial charge in [-0.3, -0.25) is 0 Å². The van der Waals surface area contributed by atoms with Gasteiger partial charge in [-0.2, -0.15) is 13.2 Å². The maximum Gasteiger partial charge on any atom is 0.389 e. The molecule has 0 fully saturated rings. The van der Waals surface area contributed by atoms with E-state index in [-0.39, 0.29) is 39.5 Å². The summed E-state index contributed by atoms with van der Waals surface area (Å²) in [7, 11) is 0. The minimum absolute atomic E-state index is 0.0891. The molecule has 0 rings (SSSR count). The Bertz CT molecular complexity index is 163. The number of alkyl halides is 3. The summed E-state index contributed by atoms with van der Waals surface area (Å²) in [5, 5.41) is 17.5. The second-order valence-electron chi connectivity index (χ2n) is 3.22. The molecule has 0 aliphatic rings. The van der Waals surface area contributed by atoms with E-state index in [1.54, 1.807) is 0 Å². The van der Waals surface area contributed by atoms with Gasteiger partial charge in [-0.25, -0.2) is 0 Å². The molecule has 0 aromatic carbocycles. The lowest BCUT2D eigenvalue weighted by atomic mass is 10.2. The fraction of sp³-hybridized carbons (Fsp3) is 1.00. The lowest BCUT2D eigenvalue weighted by Crippen LogP contribution is -2.20. The maximum atomic E-state index is 11.7. The van der Waals surface area contributed by atoms with Gasteiger partial charge in [-0.1, -0.05) is 0 Å². The van der Waals surface area contributed by atoms with Crippen LogP contribution in [0.3, 0.4) is 0 Å². The summed E-state index contributed by atoms with van der Waals surface area (Å²) >= 11 is 0. The third kappa shape index (κ3) is 11.7. The second kappa shape index (κ2) is 8.74. The van der Waals surface area contributed by atoms with Crippen molar-refractivity contribution in [2.24, 2.45) is 0 Å². The van der Waals surface area contributed by atoms with Gasteiger partial charge in [-0.15, -0.1) is 0 Å². The summed E-state index contributed by atoms with van der Waals surface area (Å²) in [6.07, 6.45) is -6.73. The molecule has 1 unspecified atom stereocenters. The van der Waals surface area contributed by atoms with Crippen LogP contribution in [0.1, 0.15) is 12.8 Å². The first-order chi connectivity index (χ1) is 7.45. The first kappa shape index (κ1) is 15.6. The summed E-state index contributed by atoms with van der Waals surface area (Å²) in [6.45, 7) is 0.391. The topological polar surface area (TPSA) is 58.9 Å². The number of hydrogen-bond donors (Lipinski definition) is 2. The van der Waals surface area contributed by atoms with Crippen molar-refractivity contribution >= 4 is 0 Å². The Labute approximate surface area is 92.0 Å². The van der Waals surface area contributed by atoms with Crippen LogP contribution in [-0.4, -0.2) is 55.5 Å². The van der Waals surface area contributed by atoms with Gasteiger partial charge in [-0.05, 0) is 6.42 Å². The van der Waals surface area contributed by atoms with Gasteiger partial charge >= 0.3 is 6.18 Å². The number of aliphatic hydroxyl groups is 2. The molecule has 0 radical (unpaired) electrons. The van der Waals surface area contributed by atoms with Gasteiger partial charge in [0.15, 0.2) is 0 Å². The van der Waals surface area contributed by atoms with Crippen LogP contribution in [0.4, 0.5) is 13.2 Å². The monoisotopic (exact) mass is 246 g/mol. The molecule has 4 nitrogen and oxygen atoms in total. The highest BCUT2D eigenvalue weighted by Gasteiger charge is 2.27. The molecule has 0 saturated carbocycles. The number of aliphatic hydroxyl groups excluding tert-OH is 2. The molecule has 16 heavy (non-hydrogen) atoms. The number of halogens is 3. The summed E-state index contributed by atoms with van der Waals surface area (Å²) in [6, 6.07) is 0. The lowest BCUT2D eigenvalue weighted by molar-refractivity contribution is -0.141. The minimum Gasteiger partial charge on any atom is -0.394 e. The van der Waals surface area contributed by atoms with Crippen LogP contribution in [-0.2, 0) is 9.47 Å². The summed E-state index contributed by atoms with van der Waals surface area (Å²) < 4.78 is 45.0. The van der Waals surface area contributed by atoms with E-state index in [4.69, 9.17) is 19.7 Å². The van der Waals surface area contributed by atoms with E-state index in [1.165, 1.54) is 0 Å². The van der Waals surface area contributed by atoms with Crippen molar-refractivity contribution in [1.82, 2.24) is 0 Å². The highest BCUT2D eigenvalue weighted by molar-refractivity contribution is 4.58. The van der Waals surface area contributed by atoms with Crippen molar-refractivity contribution in [3.63, 3.8) is 0 Å². The number of rotatable bonds is 9. The SMILES string of the molecule is OCCOCCOCC(O)CCC(F)(F)F. The normalized spacial score (nSPS) is 14.1. The van der Waals surface area contributed by atoms with Gasteiger partial charge in [0.2, 0.25) is 0 Å². The van der Waals surface area contributed by atoms with Gasteiger partial charge in [0.05, 0.1) is 39.1 Å². The predicted octanol–water partition coefficient (Wildman–Crippen LogP) is 0.715. The Kier molecular flexibility index (Phi) is 8.54. The Hall–Kier alpha value is -0.370. The fourth-order valence-corrected chi connectivity index (χ4v) is 0.917. The Balaban J connectivity index is 3.27. The van der Waals surface area contributed by atoms with Gasteiger partial charge in [0.1, 0.15) is 0 Å². The lowest BCUT2D eigenvalue weighted by Gasteiger charge is -2.12. The highest BCUT2D eigenvalue weighted by atomic mass is 19.4. The molecule has 0 bridgehead atoms. The molecule has 7 heteroatoms. The Morgan fingerprint density at radius 3 is 2.25 bits per heavy atom. The fourth-order valence-electron chi connectivity index (χ4n) is 0.917. The van der Waals surface area contributed by atoms with Crippen molar-refractivity contribution in [2.45, 2.75) is 25.1 Å². The largest absolute Gasteiger partial charge is 0.394 e. The zero-order valence-corrected chi connectivity index (χ0v) is 8.87. The van der Waals surface area contributed by atoms with E-state index in [2.05, 4.69) is 0 Å². The molecule has 2 N–H and O–H groups in total. The number of ether oxygens (including phenoxy) is 2.